The monoisotopic (exact) mass is 299 g/mol. The van der Waals surface area contributed by atoms with Gasteiger partial charge in [-0.3, -0.25) is 0 Å². The SMILES string of the molecule is Cc1ccc(C(C)Nc2nc(Cl)ncc2Cl)cc1F. The van der Waals surface area contributed by atoms with Gasteiger partial charge in [-0.2, -0.15) is 4.98 Å². The van der Waals surface area contributed by atoms with E-state index in [1.807, 2.05) is 13.0 Å². The molecule has 0 fully saturated rings. The number of aromatic nitrogens is 2. The standard InChI is InChI=1S/C13H12Cl2FN3/c1-7-3-4-9(5-11(7)16)8(2)18-12-10(14)6-17-13(15)19-12/h3-6,8H,1-2H3,(H,17,18,19). The summed E-state index contributed by atoms with van der Waals surface area (Å²) in [7, 11) is 0. The van der Waals surface area contributed by atoms with Gasteiger partial charge in [0.15, 0.2) is 0 Å². The van der Waals surface area contributed by atoms with Crippen molar-refractivity contribution in [3.05, 3.63) is 51.6 Å². The number of hydrogen-bond acceptors (Lipinski definition) is 3. The largest absolute Gasteiger partial charge is 0.362 e. The quantitative estimate of drug-likeness (QED) is 0.853. The van der Waals surface area contributed by atoms with E-state index in [1.54, 1.807) is 13.0 Å². The van der Waals surface area contributed by atoms with E-state index in [-0.39, 0.29) is 17.1 Å². The van der Waals surface area contributed by atoms with Crippen LogP contribution in [0, 0.1) is 12.7 Å². The molecule has 1 aromatic heterocycles. The molecule has 1 atom stereocenters. The van der Waals surface area contributed by atoms with Crippen LogP contribution in [0.4, 0.5) is 10.2 Å². The Morgan fingerprint density at radius 1 is 1.32 bits per heavy atom. The zero-order chi connectivity index (χ0) is 14.0. The molecular weight excluding hydrogens is 288 g/mol. The number of anilines is 1. The van der Waals surface area contributed by atoms with Crippen molar-refractivity contribution in [2.45, 2.75) is 19.9 Å². The lowest BCUT2D eigenvalue weighted by molar-refractivity contribution is 0.614. The third kappa shape index (κ3) is 3.33. The Hall–Kier alpha value is -1.39. The van der Waals surface area contributed by atoms with Crippen molar-refractivity contribution in [2.24, 2.45) is 0 Å². The van der Waals surface area contributed by atoms with Gasteiger partial charge < -0.3 is 5.32 Å². The first-order valence-electron chi connectivity index (χ1n) is 5.68. The molecule has 0 radical (unpaired) electrons. The van der Waals surface area contributed by atoms with Gasteiger partial charge in [-0.05, 0) is 42.6 Å². The normalized spacial score (nSPS) is 12.3. The molecule has 3 nitrogen and oxygen atoms in total. The number of nitrogens with one attached hydrogen (secondary N) is 1. The minimum atomic E-state index is -0.238. The van der Waals surface area contributed by atoms with Crippen LogP contribution in [0.3, 0.4) is 0 Å². The summed E-state index contributed by atoms with van der Waals surface area (Å²) in [5.41, 5.74) is 1.41. The zero-order valence-electron chi connectivity index (χ0n) is 10.4. The number of halogens is 3. The first kappa shape index (κ1) is 14.0. The maximum atomic E-state index is 13.5. The van der Waals surface area contributed by atoms with Gasteiger partial charge in [0.2, 0.25) is 5.28 Å². The average molecular weight is 300 g/mol. The molecule has 0 bridgehead atoms. The summed E-state index contributed by atoms with van der Waals surface area (Å²) < 4.78 is 13.5. The highest BCUT2D eigenvalue weighted by atomic mass is 35.5. The fourth-order valence-corrected chi connectivity index (χ4v) is 1.89. The van der Waals surface area contributed by atoms with Crippen LogP contribution < -0.4 is 5.32 Å². The predicted octanol–water partition coefficient (Wildman–Crippen LogP) is 4.40. The van der Waals surface area contributed by atoms with Crippen LogP contribution in [0.25, 0.3) is 0 Å². The predicted molar refractivity (Wildman–Crippen MR) is 75.2 cm³/mol. The number of rotatable bonds is 3. The Bertz CT molecular complexity index is 604. The Morgan fingerprint density at radius 2 is 2.05 bits per heavy atom. The van der Waals surface area contributed by atoms with E-state index in [1.165, 1.54) is 12.3 Å². The van der Waals surface area contributed by atoms with E-state index in [9.17, 15) is 4.39 Å². The second-order valence-electron chi connectivity index (χ2n) is 4.21. The molecule has 2 rings (SSSR count). The zero-order valence-corrected chi connectivity index (χ0v) is 11.9. The van der Waals surface area contributed by atoms with Crippen molar-refractivity contribution in [2.75, 3.05) is 5.32 Å². The molecule has 0 saturated heterocycles. The molecule has 1 heterocycles. The maximum absolute atomic E-state index is 13.5. The third-order valence-electron chi connectivity index (χ3n) is 2.76. The van der Waals surface area contributed by atoms with Gasteiger partial charge in [0.05, 0.1) is 12.2 Å². The lowest BCUT2D eigenvalue weighted by Gasteiger charge is -2.16. The Balaban J connectivity index is 2.22. The topological polar surface area (TPSA) is 37.8 Å². The highest BCUT2D eigenvalue weighted by molar-refractivity contribution is 6.33. The molecule has 0 saturated carbocycles. The van der Waals surface area contributed by atoms with Crippen LogP contribution in [0.5, 0.6) is 0 Å². The third-order valence-corrected chi connectivity index (χ3v) is 3.22. The minimum Gasteiger partial charge on any atom is -0.362 e. The molecule has 100 valence electrons. The summed E-state index contributed by atoms with van der Waals surface area (Å²) >= 11 is 11.7. The molecule has 0 spiro atoms. The summed E-state index contributed by atoms with van der Waals surface area (Å²) in [6, 6.07) is 4.92. The van der Waals surface area contributed by atoms with E-state index in [0.717, 1.165) is 5.56 Å². The molecule has 0 aliphatic carbocycles. The molecule has 0 aliphatic heterocycles. The fourth-order valence-electron chi connectivity index (χ4n) is 1.61. The van der Waals surface area contributed by atoms with Crippen LogP contribution >= 0.6 is 23.2 Å². The first-order valence-corrected chi connectivity index (χ1v) is 6.43. The van der Waals surface area contributed by atoms with Crippen molar-refractivity contribution in [1.29, 1.82) is 0 Å². The second-order valence-corrected chi connectivity index (χ2v) is 4.96. The van der Waals surface area contributed by atoms with E-state index in [4.69, 9.17) is 23.2 Å². The van der Waals surface area contributed by atoms with Crippen molar-refractivity contribution in [3.63, 3.8) is 0 Å². The van der Waals surface area contributed by atoms with Crippen LogP contribution in [0.1, 0.15) is 24.1 Å². The van der Waals surface area contributed by atoms with Gasteiger partial charge in [0, 0.05) is 0 Å². The molecule has 1 aromatic carbocycles. The number of benzene rings is 1. The van der Waals surface area contributed by atoms with Gasteiger partial charge >= 0.3 is 0 Å². The van der Waals surface area contributed by atoms with E-state index in [2.05, 4.69) is 15.3 Å². The van der Waals surface area contributed by atoms with Crippen molar-refractivity contribution >= 4 is 29.0 Å². The lowest BCUT2D eigenvalue weighted by atomic mass is 10.1. The van der Waals surface area contributed by atoms with Crippen LogP contribution in [0.15, 0.2) is 24.4 Å². The second kappa shape index (κ2) is 5.72. The number of aryl methyl sites for hydroxylation is 1. The Morgan fingerprint density at radius 3 is 2.74 bits per heavy atom. The smallest absolute Gasteiger partial charge is 0.224 e. The average Bonchev–Trinajstić information content (AvgIpc) is 2.37. The summed E-state index contributed by atoms with van der Waals surface area (Å²) in [5, 5.41) is 3.55. The Labute approximate surface area is 120 Å². The van der Waals surface area contributed by atoms with Gasteiger partial charge in [-0.25, -0.2) is 9.37 Å². The van der Waals surface area contributed by atoms with E-state index < -0.39 is 0 Å². The van der Waals surface area contributed by atoms with Crippen LogP contribution in [-0.4, -0.2) is 9.97 Å². The molecule has 1 unspecified atom stereocenters. The molecule has 0 amide bonds. The first-order chi connectivity index (χ1) is 8.97. The summed E-state index contributed by atoms with van der Waals surface area (Å²) in [6.45, 7) is 3.61. The summed E-state index contributed by atoms with van der Waals surface area (Å²) in [6.07, 6.45) is 1.42. The number of hydrogen-bond donors (Lipinski definition) is 1. The summed E-state index contributed by atoms with van der Waals surface area (Å²) in [4.78, 5) is 7.76. The molecule has 6 heteroatoms. The van der Waals surface area contributed by atoms with Crippen molar-refractivity contribution in [3.8, 4) is 0 Å². The maximum Gasteiger partial charge on any atom is 0.224 e. The molecule has 0 aliphatic rings. The Kier molecular flexibility index (Phi) is 4.22. The van der Waals surface area contributed by atoms with Gasteiger partial charge in [-0.1, -0.05) is 23.7 Å². The summed E-state index contributed by atoms with van der Waals surface area (Å²) in [5.74, 6) is 0.188. The molecular formula is C13H12Cl2FN3. The van der Waals surface area contributed by atoms with Crippen molar-refractivity contribution in [1.82, 2.24) is 9.97 Å². The highest BCUT2D eigenvalue weighted by Gasteiger charge is 2.11. The molecule has 1 N–H and O–H groups in total. The molecule has 2 aromatic rings. The van der Waals surface area contributed by atoms with Crippen LogP contribution in [-0.2, 0) is 0 Å². The highest BCUT2D eigenvalue weighted by Crippen LogP contribution is 2.25. The van der Waals surface area contributed by atoms with Crippen LogP contribution in [0.2, 0.25) is 10.3 Å². The minimum absolute atomic E-state index is 0.106. The van der Waals surface area contributed by atoms with E-state index in [0.29, 0.717) is 16.4 Å². The van der Waals surface area contributed by atoms with E-state index >= 15 is 0 Å². The fraction of sp³-hybridized carbons (Fsp3) is 0.231. The van der Waals surface area contributed by atoms with Crippen molar-refractivity contribution < 1.29 is 4.39 Å². The molecule has 19 heavy (non-hydrogen) atoms. The van der Waals surface area contributed by atoms with Gasteiger partial charge in [0.25, 0.3) is 0 Å². The van der Waals surface area contributed by atoms with Gasteiger partial charge in [-0.15, -0.1) is 0 Å². The lowest BCUT2D eigenvalue weighted by Crippen LogP contribution is -2.09. The number of nitrogens with zero attached hydrogens (tertiary/aromatic N) is 2. The van der Waals surface area contributed by atoms with Gasteiger partial charge in [0.1, 0.15) is 16.7 Å².